The number of thiazole rings is 1. The van der Waals surface area contributed by atoms with E-state index in [1.165, 1.54) is 0 Å². The quantitative estimate of drug-likeness (QED) is 0.198. The van der Waals surface area contributed by atoms with Gasteiger partial charge in [0.05, 0.1) is 36.7 Å². The first-order valence-corrected chi connectivity index (χ1v) is 12.8. The van der Waals surface area contributed by atoms with E-state index in [1.807, 2.05) is 31.2 Å². The number of rotatable bonds is 7. The molecule has 0 amide bonds. The summed E-state index contributed by atoms with van der Waals surface area (Å²) in [6.07, 6.45) is 2.14. The minimum Gasteiger partial charge on any atom is -0.416 e. The summed E-state index contributed by atoms with van der Waals surface area (Å²) in [5, 5.41) is 4.90. The molecule has 0 aliphatic heterocycles. The first-order valence-electron chi connectivity index (χ1n) is 11.3. The molecular weight excluding hydrogens is 553 g/mol. The summed E-state index contributed by atoms with van der Waals surface area (Å²) in [6, 6.07) is 14.2. The van der Waals surface area contributed by atoms with Gasteiger partial charge in [0.1, 0.15) is 5.52 Å². The Morgan fingerprint density at radius 3 is 2.45 bits per heavy atom. The van der Waals surface area contributed by atoms with Crippen molar-refractivity contribution >= 4 is 62.5 Å². The van der Waals surface area contributed by atoms with Crippen molar-refractivity contribution in [1.29, 1.82) is 0 Å². The molecule has 38 heavy (non-hydrogen) atoms. The number of halogens is 4. The van der Waals surface area contributed by atoms with Crippen molar-refractivity contribution in [2.75, 3.05) is 5.32 Å². The van der Waals surface area contributed by atoms with Crippen LogP contribution in [0, 0.1) is 13.8 Å². The molecule has 192 valence electrons. The van der Waals surface area contributed by atoms with Crippen molar-refractivity contribution in [3.05, 3.63) is 80.9 Å². The number of aryl methyl sites for hydroxylation is 2. The molecule has 0 saturated carbocycles. The molecule has 3 aromatic heterocycles. The van der Waals surface area contributed by atoms with Gasteiger partial charge in [0.25, 0.3) is 0 Å². The molecule has 0 bridgehead atoms. The molecule has 0 atom stereocenters. The molecule has 0 spiro atoms. The van der Waals surface area contributed by atoms with Crippen molar-refractivity contribution in [2.24, 2.45) is 0 Å². The van der Waals surface area contributed by atoms with Crippen molar-refractivity contribution in [1.82, 2.24) is 15.0 Å². The number of aromatic nitrogens is 3. The first-order chi connectivity index (χ1) is 18.3. The molecule has 5 aromatic rings. The Hall–Kier alpha value is -3.66. The zero-order valence-corrected chi connectivity index (χ0v) is 22.3. The molecule has 0 saturated heterocycles. The van der Waals surface area contributed by atoms with Crippen LogP contribution < -0.4 is 10.1 Å². The molecule has 3 heterocycles. The van der Waals surface area contributed by atoms with E-state index in [0.29, 0.717) is 50.1 Å². The van der Waals surface area contributed by atoms with Crippen molar-refractivity contribution in [3.8, 4) is 28.3 Å². The van der Waals surface area contributed by atoms with E-state index in [-0.39, 0.29) is 11.3 Å². The van der Waals surface area contributed by atoms with E-state index < -0.39 is 12.5 Å². The van der Waals surface area contributed by atoms with Gasteiger partial charge >= 0.3 is 6.61 Å². The highest BCUT2D eigenvalue weighted by atomic mass is 35.5. The van der Waals surface area contributed by atoms with Gasteiger partial charge in [-0.25, -0.2) is 15.0 Å². The first kappa shape index (κ1) is 26.0. The minimum absolute atomic E-state index is 0.0536. The Morgan fingerprint density at radius 1 is 1.00 bits per heavy atom. The lowest BCUT2D eigenvalue weighted by molar-refractivity contribution is -0.0530. The highest BCUT2D eigenvalue weighted by Gasteiger charge is 2.20. The van der Waals surface area contributed by atoms with Crippen LogP contribution in [0.5, 0.6) is 5.88 Å². The molecule has 11 heteroatoms. The lowest BCUT2D eigenvalue weighted by Crippen LogP contribution is -2.08. The van der Waals surface area contributed by atoms with Gasteiger partial charge < -0.3 is 10.1 Å². The molecule has 0 radical (unpaired) electrons. The van der Waals surface area contributed by atoms with Crippen LogP contribution in [0.3, 0.4) is 0 Å². The Balaban J connectivity index is 1.57. The Morgan fingerprint density at radius 2 is 1.71 bits per heavy atom. The summed E-state index contributed by atoms with van der Waals surface area (Å²) in [4.78, 5) is 24.6. The van der Waals surface area contributed by atoms with Crippen LogP contribution in [0.1, 0.15) is 20.9 Å². The smallest absolute Gasteiger partial charge is 0.388 e. The maximum absolute atomic E-state index is 13.0. The van der Waals surface area contributed by atoms with Gasteiger partial charge in [-0.15, -0.1) is 11.3 Å². The number of pyridine rings is 2. The van der Waals surface area contributed by atoms with Crippen molar-refractivity contribution in [3.63, 3.8) is 0 Å². The van der Waals surface area contributed by atoms with E-state index in [0.717, 1.165) is 15.2 Å². The molecule has 0 aliphatic carbocycles. The van der Waals surface area contributed by atoms with Gasteiger partial charge in [0, 0.05) is 22.9 Å². The Labute approximate surface area is 230 Å². The normalized spacial score (nSPS) is 11.2. The maximum Gasteiger partial charge on any atom is 0.388 e. The van der Waals surface area contributed by atoms with Gasteiger partial charge in [-0.2, -0.15) is 8.78 Å². The van der Waals surface area contributed by atoms with Gasteiger partial charge in [0.2, 0.25) is 5.88 Å². The zero-order chi connectivity index (χ0) is 27.0. The van der Waals surface area contributed by atoms with E-state index in [9.17, 15) is 13.6 Å². The number of aldehydes is 1. The number of anilines is 2. The van der Waals surface area contributed by atoms with Gasteiger partial charge in [0.15, 0.2) is 12.1 Å². The second-order valence-electron chi connectivity index (χ2n) is 8.24. The lowest BCUT2D eigenvalue weighted by Gasteiger charge is -2.16. The van der Waals surface area contributed by atoms with E-state index in [2.05, 4.69) is 25.0 Å². The average molecular weight is 571 g/mol. The fraction of sp³-hybridized carbons (Fsp3) is 0.111. The van der Waals surface area contributed by atoms with Crippen LogP contribution >= 0.6 is 34.5 Å². The summed E-state index contributed by atoms with van der Waals surface area (Å²) < 4.78 is 31.4. The predicted octanol–water partition coefficient (Wildman–Crippen LogP) is 8.50. The summed E-state index contributed by atoms with van der Waals surface area (Å²) in [7, 11) is 0. The summed E-state index contributed by atoms with van der Waals surface area (Å²) in [5.41, 5.74) is 3.69. The second-order valence-corrected chi connectivity index (χ2v) is 10.2. The molecule has 0 aliphatic rings. The number of benzene rings is 2. The highest BCUT2D eigenvalue weighted by molar-refractivity contribution is 7.18. The molecule has 0 fully saturated rings. The SMILES string of the molecule is Cc1nc2c(Nc3cccc(-c4cccc(-c5cc(C)c(C=O)c(OC(F)F)n5)c4Cl)c3Cl)nccc2s1. The van der Waals surface area contributed by atoms with Gasteiger partial charge in [-0.3, -0.25) is 4.79 Å². The molecule has 6 nitrogen and oxygen atoms in total. The van der Waals surface area contributed by atoms with E-state index in [1.54, 1.807) is 48.7 Å². The van der Waals surface area contributed by atoms with E-state index in [4.69, 9.17) is 23.2 Å². The summed E-state index contributed by atoms with van der Waals surface area (Å²) >= 11 is 15.2. The topological polar surface area (TPSA) is 77.0 Å². The van der Waals surface area contributed by atoms with Crippen LogP contribution in [0.4, 0.5) is 20.3 Å². The number of nitrogens with zero attached hydrogens (tertiary/aromatic N) is 3. The van der Waals surface area contributed by atoms with Crippen LogP contribution in [0.25, 0.3) is 32.6 Å². The number of nitrogens with one attached hydrogen (secondary N) is 1. The van der Waals surface area contributed by atoms with Crippen molar-refractivity contribution < 1.29 is 18.3 Å². The molecular formula is C27H18Cl2F2N4O2S. The standard InChI is InChI=1S/C27H18Cl2F2N4O2S/c1-13-11-20(35-26(18(13)12-36)37-27(30)31)17-7-3-5-15(22(17)28)16-6-4-8-19(23(16)29)34-25-24-21(9-10-32-25)38-14(2)33-24/h3-12,27H,1-2H3,(H,32,34). The summed E-state index contributed by atoms with van der Waals surface area (Å²) in [5.74, 6) is 0.113. The fourth-order valence-corrected chi connectivity index (χ4v) is 5.49. The maximum atomic E-state index is 13.0. The number of fused-ring (bicyclic) bond motifs is 1. The predicted molar refractivity (Wildman–Crippen MR) is 147 cm³/mol. The third-order valence-electron chi connectivity index (χ3n) is 5.78. The summed E-state index contributed by atoms with van der Waals surface area (Å²) in [6.45, 7) is 0.401. The molecule has 0 unspecified atom stereocenters. The average Bonchev–Trinajstić information content (AvgIpc) is 3.26. The molecule has 5 rings (SSSR count). The number of alkyl halides is 2. The number of hydrogen-bond donors (Lipinski definition) is 1. The number of carbonyl (C=O) groups is 1. The second kappa shape index (κ2) is 10.6. The third kappa shape index (κ3) is 4.92. The van der Waals surface area contributed by atoms with Crippen LogP contribution in [-0.2, 0) is 0 Å². The highest BCUT2D eigenvalue weighted by Crippen LogP contribution is 2.42. The Bertz CT molecular complexity index is 1690. The largest absolute Gasteiger partial charge is 0.416 e. The van der Waals surface area contributed by atoms with Crippen LogP contribution in [0.2, 0.25) is 10.0 Å². The number of ether oxygens (including phenoxy) is 1. The fourth-order valence-electron chi connectivity index (χ4n) is 4.07. The van der Waals surface area contributed by atoms with Gasteiger partial charge in [-0.05, 0) is 37.6 Å². The van der Waals surface area contributed by atoms with Gasteiger partial charge in [-0.1, -0.05) is 53.5 Å². The molecule has 1 N–H and O–H groups in total. The monoisotopic (exact) mass is 570 g/mol. The van der Waals surface area contributed by atoms with Crippen LogP contribution in [-0.4, -0.2) is 27.8 Å². The molecule has 2 aromatic carbocycles. The Kier molecular flexibility index (Phi) is 7.25. The number of hydrogen-bond acceptors (Lipinski definition) is 7. The minimum atomic E-state index is -3.14. The third-order valence-corrected chi connectivity index (χ3v) is 7.53. The van der Waals surface area contributed by atoms with E-state index >= 15 is 0 Å². The zero-order valence-electron chi connectivity index (χ0n) is 19.9. The number of carbonyl (C=O) groups excluding carboxylic acids is 1. The lowest BCUT2D eigenvalue weighted by atomic mass is 9.99. The van der Waals surface area contributed by atoms with Crippen LogP contribution in [0.15, 0.2) is 54.7 Å². The van der Waals surface area contributed by atoms with Crippen molar-refractivity contribution in [2.45, 2.75) is 20.5 Å².